The fourth-order valence-corrected chi connectivity index (χ4v) is 3.67. The minimum atomic E-state index is -0.140. The molecule has 0 atom stereocenters. The van der Waals surface area contributed by atoms with E-state index in [1.54, 1.807) is 11.4 Å². The van der Waals surface area contributed by atoms with Gasteiger partial charge in [-0.3, -0.25) is 9.59 Å². The van der Waals surface area contributed by atoms with Gasteiger partial charge in [0.2, 0.25) is 5.91 Å². The van der Waals surface area contributed by atoms with Crippen LogP contribution in [0.5, 0.6) is 0 Å². The molecule has 1 aliphatic heterocycles. The van der Waals surface area contributed by atoms with Crippen LogP contribution < -0.4 is 15.5 Å². The van der Waals surface area contributed by atoms with Crippen LogP contribution in [0.1, 0.15) is 36.5 Å². The molecule has 0 unspecified atom stereocenters. The van der Waals surface area contributed by atoms with Gasteiger partial charge in [-0.1, -0.05) is 6.92 Å². The molecular formula is C20H25N3O2S. The fourth-order valence-electron chi connectivity index (χ4n) is 3.03. The zero-order valence-corrected chi connectivity index (χ0v) is 15.8. The van der Waals surface area contributed by atoms with E-state index >= 15 is 0 Å². The lowest BCUT2D eigenvalue weighted by atomic mass is 9.99. The maximum Gasteiger partial charge on any atom is 0.252 e. The van der Waals surface area contributed by atoms with Crippen molar-refractivity contribution in [1.82, 2.24) is 5.32 Å². The van der Waals surface area contributed by atoms with Crippen LogP contribution in [0.4, 0.5) is 11.4 Å². The Morgan fingerprint density at radius 2 is 1.88 bits per heavy atom. The summed E-state index contributed by atoms with van der Waals surface area (Å²) < 4.78 is 0. The number of benzene rings is 1. The predicted molar refractivity (Wildman–Crippen MR) is 107 cm³/mol. The zero-order chi connectivity index (χ0) is 18.4. The number of thiophene rings is 1. The van der Waals surface area contributed by atoms with Crippen LogP contribution in [0.2, 0.25) is 0 Å². The average Bonchev–Trinajstić information content (AvgIpc) is 3.18. The van der Waals surface area contributed by atoms with Gasteiger partial charge in [-0.05, 0) is 54.5 Å². The maximum absolute atomic E-state index is 12.0. The van der Waals surface area contributed by atoms with Crippen molar-refractivity contribution in [2.45, 2.75) is 26.2 Å². The Balaban J connectivity index is 1.42. The molecule has 26 heavy (non-hydrogen) atoms. The largest absolute Gasteiger partial charge is 0.372 e. The lowest BCUT2D eigenvalue weighted by Gasteiger charge is -2.32. The van der Waals surface area contributed by atoms with E-state index < -0.39 is 0 Å². The van der Waals surface area contributed by atoms with Crippen LogP contribution in [0.25, 0.3) is 0 Å². The van der Waals surface area contributed by atoms with Crippen molar-refractivity contribution in [3.8, 4) is 0 Å². The monoisotopic (exact) mass is 371 g/mol. The highest BCUT2D eigenvalue weighted by Crippen LogP contribution is 2.24. The predicted octanol–water partition coefficient (Wildman–Crippen LogP) is 3.74. The smallest absolute Gasteiger partial charge is 0.252 e. The van der Waals surface area contributed by atoms with E-state index in [0.717, 1.165) is 24.7 Å². The topological polar surface area (TPSA) is 61.4 Å². The summed E-state index contributed by atoms with van der Waals surface area (Å²) in [6.07, 6.45) is 2.72. The number of anilines is 2. The van der Waals surface area contributed by atoms with Crippen LogP contribution in [0.15, 0.2) is 41.1 Å². The number of piperidine rings is 1. The van der Waals surface area contributed by atoms with Crippen molar-refractivity contribution in [2.24, 2.45) is 5.92 Å². The Morgan fingerprint density at radius 1 is 1.15 bits per heavy atom. The zero-order valence-electron chi connectivity index (χ0n) is 15.0. The highest BCUT2D eigenvalue weighted by atomic mass is 32.1. The van der Waals surface area contributed by atoms with Gasteiger partial charge in [-0.2, -0.15) is 11.3 Å². The Bertz CT molecular complexity index is 720. The summed E-state index contributed by atoms with van der Waals surface area (Å²) in [5.41, 5.74) is 2.63. The van der Waals surface area contributed by atoms with Gasteiger partial charge in [0.1, 0.15) is 0 Å². The van der Waals surface area contributed by atoms with E-state index in [9.17, 15) is 9.59 Å². The molecule has 5 nitrogen and oxygen atoms in total. The maximum atomic E-state index is 12.0. The molecule has 2 aromatic rings. The minimum absolute atomic E-state index is 0.102. The van der Waals surface area contributed by atoms with Crippen molar-refractivity contribution in [2.75, 3.05) is 29.9 Å². The van der Waals surface area contributed by atoms with Crippen LogP contribution in [0.3, 0.4) is 0 Å². The first kappa shape index (κ1) is 18.5. The summed E-state index contributed by atoms with van der Waals surface area (Å²) in [6.45, 7) is 4.82. The Kier molecular flexibility index (Phi) is 6.28. The number of rotatable bonds is 6. The van der Waals surface area contributed by atoms with Gasteiger partial charge in [0.15, 0.2) is 0 Å². The number of hydrogen-bond acceptors (Lipinski definition) is 4. The Hall–Kier alpha value is -2.34. The number of nitrogens with zero attached hydrogens (tertiary/aromatic N) is 1. The summed E-state index contributed by atoms with van der Waals surface area (Å²) >= 11 is 1.48. The van der Waals surface area contributed by atoms with Crippen molar-refractivity contribution < 1.29 is 9.59 Å². The number of nitrogens with one attached hydrogen (secondary N) is 2. The van der Waals surface area contributed by atoms with Gasteiger partial charge in [0.25, 0.3) is 5.91 Å². The SMILES string of the molecule is CC1CCN(c2ccc(NC(=O)CCNC(=O)c3ccsc3)cc2)CC1. The average molecular weight is 372 g/mol. The van der Waals surface area contributed by atoms with E-state index in [1.165, 1.54) is 29.9 Å². The third-order valence-corrected chi connectivity index (χ3v) is 5.40. The molecular weight excluding hydrogens is 346 g/mol. The lowest BCUT2D eigenvalue weighted by Crippen LogP contribution is -2.32. The standard InChI is InChI=1S/C20H25N3O2S/c1-15-7-11-23(12-8-15)18-4-2-17(3-5-18)22-19(24)6-10-21-20(25)16-9-13-26-14-16/h2-5,9,13-15H,6-8,10-12H2,1H3,(H,21,25)(H,22,24). The van der Waals surface area contributed by atoms with Crippen LogP contribution in [-0.4, -0.2) is 31.4 Å². The number of carbonyl (C=O) groups is 2. The van der Waals surface area contributed by atoms with Crippen molar-refractivity contribution >= 4 is 34.5 Å². The van der Waals surface area contributed by atoms with Gasteiger partial charge in [-0.25, -0.2) is 0 Å². The summed E-state index contributed by atoms with van der Waals surface area (Å²) in [7, 11) is 0. The molecule has 1 saturated heterocycles. The first-order valence-electron chi connectivity index (χ1n) is 9.07. The molecule has 0 saturated carbocycles. The molecule has 1 fully saturated rings. The summed E-state index contributed by atoms with van der Waals surface area (Å²) in [5, 5.41) is 9.29. The summed E-state index contributed by atoms with van der Waals surface area (Å²) in [6, 6.07) is 9.77. The fraction of sp³-hybridized carbons (Fsp3) is 0.400. The number of amides is 2. The highest BCUT2D eigenvalue weighted by molar-refractivity contribution is 7.08. The first-order chi connectivity index (χ1) is 12.6. The normalized spacial score (nSPS) is 14.9. The summed E-state index contributed by atoms with van der Waals surface area (Å²) in [5.74, 6) is 0.569. The quantitative estimate of drug-likeness (QED) is 0.813. The van der Waals surface area contributed by atoms with E-state index in [2.05, 4.69) is 34.6 Å². The molecule has 2 amide bonds. The first-order valence-corrected chi connectivity index (χ1v) is 10.0. The van der Waals surface area contributed by atoms with Gasteiger partial charge >= 0.3 is 0 Å². The molecule has 1 aliphatic rings. The molecule has 0 aliphatic carbocycles. The van der Waals surface area contributed by atoms with Crippen molar-refractivity contribution in [3.63, 3.8) is 0 Å². The molecule has 0 radical (unpaired) electrons. The van der Waals surface area contributed by atoms with Crippen molar-refractivity contribution in [1.29, 1.82) is 0 Å². The molecule has 2 N–H and O–H groups in total. The molecule has 6 heteroatoms. The van der Waals surface area contributed by atoms with E-state index in [0.29, 0.717) is 12.1 Å². The van der Waals surface area contributed by atoms with Gasteiger partial charge in [0, 0.05) is 48.4 Å². The second kappa shape index (κ2) is 8.85. The second-order valence-electron chi connectivity index (χ2n) is 6.78. The highest BCUT2D eigenvalue weighted by Gasteiger charge is 2.16. The lowest BCUT2D eigenvalue weighted by molar-refractivity contribution is -0.116. The van der Waals surface area contributed by atoms with Gasteiger partial charge in [-0.15, -0.1) is 0 Å². The molecule has 1 aromatic carbocycles. The molecule has 3 rings (SSSR count). The van der Waals surface area contributed by atoms with E-state index in [-0.39, 0.29) is 18.2 Å². The van der Waals surface area contributed by atoms with Crippen LogP contribution >= 0.6 is 11.3 Å². The van der Waals surface area contributed by atoms with Gasteiger partial charge < -0.3 is 15.5 Å². The third kappa shape index (κ3) is 5.08. The number of hydrogen-bond donors (Lipinski definition) is 2. The molecule has 0 spiro atoms. The molecule has 0 bridgehead atoms. The third-order valence-electron chi connectivity index (χ3n) is 4.72. The Labute approximate surface area is 158 Å². The van der Waals surface area contributed by atoms with Crippen LogP contribution in [-0.2, 0) is 4.79 Å². The molecule has 1 aromatic heterocycles. The summed E-state index contributed by atoms with van der Waals surface area (Å²) in [4.78, 5) is 26.2. The van der Waals surface area contributed by atoms with Gasteiger partial charge in [0.05, 0.1) is 0 Å². The second-order valence-corrected chi connectivity index (χ2v) is 7.56. The number of carbonyl (C=O) groups excluding carboxylic acids is 2. The van der Waals surface area contributed by atoms with Crippen molar-refractivity contribution in [3.05, 3.63) is 46.7 Å². The Morgan fingerprint density at radius 3 is 2.54 bits per heavy atom. The van der Waals surface area contributed by atoms with E-state index in [4.69, 9.17) is 0 Å². The minimum Gasteiger partial charge on any atom is -0.372 e. The molecule has 2 heterocycles. The molecule has 138 valence electrons. The van der Waals surface area contributed by atoms with E-state index in [1.807, 2.05) is 17.5 Å². The van der Waals surface area contributed by atoms with Crippen LogP contribution in [0, 0.1) is 5.92 Å².